The molecule has 72 valence electrons. The van der Waals surface area contributed by atoms with Crippen molar-refractivity contribution < 1.29 is 4.79 Å². The lowest BCUT2D eigenvalue weighted by molar-refractivity contribution is -0.108. The van der Waals surface area contributed by atoms with E-state index in [-0.39, 0.29) is 5.57 Å². The summed E-state index contributed by atoms with van der Waals surface area (Å²) in [4.78, 5) is 9.86. The SMILES string of the molecule is CC1(Cl)C=CC(C(=O)Cl)=CC1(Cl)Cl. The molecule has 0 radical (unpaired) electrons. The van der Waals surface area contributed by atoms with Crippen LogP contribution in [0.3, 0.4) is 0 Å². The van der Waals surface area contributed by atoms with Gasteiger partial charge in [0, 0.05) is 5.57 Å². The predicted molar refractivity (Wildman–Crippen MR) is 56.8 cm³/mol. The van der Waals surface area contributed by atoms with Gasteiger partial charge in [-0.25, -0.2) is 0 Å². The summed E-state index contributed by atoms with van der Waals surface area (Å²) in [6.07, 6.45) is 4.40. The Morgan fingerprint density at radius 3 is 2.31 bits per heavy atom. The molecule has 0 fully saturated rings. The summed E-state index contributed by atoms with van der Waals surface area (Å²) in [7, 11) is 0. The van der Waals surface area contributed by atoms with Gasteiger partial charge in [0.15, 0.2) is 4.33 Å². The Kier molecular flexibility index (Phi) is 3.04. The van der Waals surface area contributed by atoms with Gasteiger partial charge in [-0.2, -0.15) is 0 Å². The van der Waals surface area contributed by atoms with E-state index in [9.17, 15) is 4.79 Å². The van der Waals surface area contributed by atoms with Gasteiger partial charge in [0.2, 0.25) is 0 Å². The minimum atomic E-state index is -1.32. The molecule has 0 aliphatic heterocycles. The van der Waals surface area contributed by atoms with E-state index in [0.29, 0.717) is 0 Å². The number of allylic oxidation sites excluding steroid dienone is 4. The smallest absolute Gasteiger partial charge is 0.252 e. The van der Waals surface area contributed by atoms with Crippen LogP contribution in [-0.4, -0.2) is 14.4 Å². The molecule has 1 aliphatic carbocycles. The van der Waals surface area contributed by atoms with Crippen LogP contribution >= 0.6 is 46.4 Å². The maximum atomic E-state index is 10.8. The van der Waals surface area contributed by atoms with Gasteiger partial charge in [-0.3, -0.25) is 4.79 Å². The fourth-order valence-electron chi connectivity index (χ4n) is 0.864. The van der Waals surface area contributed by atoms with E-state index in [1.54, 1.807) is 13.0 Å². The highest BCUT2D eigenvalue weighted by Crippen LogP contribution is 2.44. The zero-order valence-corrected chi connectivity index (χ0v) is 9.68. The van der Waals surface area contributed by atoms with E-state index in [4.69, 9.17) is 46.4 Å². The second-order valence-electron chi connectivity index (χ2n) is 2.91. The Hall–Kier alpha value is 0.310. The molecule has 0 spiro atoms. The van der Waals surface area contributed by atoms with Gasteiger partial charge in [0.25, 0.3) is 5.24 Å². The Morgan fingerprint density at radius 1 is 1.38 bits per heavy atom. The van der Waals surface area contributed by atoms with Crippen LogP contribution in [0.5, 0.6) is 0 Å². The minimum absolute atomic E-state index is 0.254. The lowest BCUT2D eigenvalue weighted by Gasteiger charge is -2.32. The summed E-state index contributed by atoms with van der Waals surface area (Å²) in [5.74, 6) is 0. The average Bonchev–Trinajstić information content (AvgIpc) is 1.94. The molecule has 0 aromatic rings. The van der Waals surface area contributed by atoms with E-state index in [1.807, 2.05) is 0 Å². The van der Waals surface area contributed by atoms with E-state index in [2.05, 4.69) is 0 Å². The molecular formula is C8H6Cl4O. The first-order valence-corrected chi connectivity index (χ1v) is 4.96. The van der Waals surface area contributed by atoms with Crippen molar-refractivity contribution in [3.8, 4) is 0 Å². The van der Waals surface area contributed by atoms with Gasteiger partial charge in [0.1, 0.15) is 0 Å². The average molecular weight is 260 g/mol. The molecule has 0 aromatic heterocycles. The Bertz CT molecular complexity index is 301. The van der Waals surface area contributed by atoms with Crippen molar-refractivity contribution in [3.63, 3.8) is 0 Å². The molecular weight excluding hydrogens is 254 g/mol. The third kappa shape index (κ3) is 2.21. The van der Waals surface area contributed by atoms with E-state index in [0.717, 1.165) is 0 Å². The van der Waals surface area contributed by atoms with Gasteiger partial charge in [-0.1, -0.05) is 35.4 Å². The lowest BCUT2D eigenvalue weighted by atomic mass is 9.97. The normalized spacial score (nSPS) is 31.3. The van der Waals surface area contributed by atoms with Crippen molar-refractivity contribution in [2.75, 3.05) is 0 Å². The van der Waals surface area contributed by atoms with Crippen molar-refractivity contribution in [2.24, 2.45) is 0 Å². The van der Waals surface area contributed by atoms with Crippen LogP contribution in [-0.2, 0) is 4.79 Å². The third-order valence-electron chi connectivity index (χ3n) is 1.79. The predicted octanol–water partition coefficient (Wildman–Crippen LogP) is 3.42. The number of halogens is 4. The lowest BCUT2D eigenvalue weighted by Crippen LogP contribution is -2.37. The fourth-order valence-corrected chi connectivity index (χ4v) is 1.46. The number of alkyl halides is 3. The fraction of sp³-hybridized carbons (Fsp3) is 0.375. The van der Waals surface area contributed by atoms with Crippen LogP contribution in [0.1, 0.15) is 6.92 Å². The first-order valence-electron chi connectivity index (χ1n) is 3.45. The summed E-state index contributed by atoms with van der Waals surface area (Å²) in [6, 6.07) is 0. The largest absolute Gasteiger partial charge is 0.276 e. The standard InChI is InChI=1S/C8H6Cl4O/c1-7(10)3-2-5(6(9)13)4-8(7,11)12/h2-4H,1H3. The number of hydrogen-bond acceptors (Lipinski definition) is 1. The van der Waals surface area contributed by atoms with Gasteiger partial charge < -0.3 is 0 Å². The summed E-state index contributed by atoms with van der Waals surface area (Å²) in [5.41, 5.74) is 0.254. The number of rotatable bonds is 1. The summed E-state index contributed by atoms with van der Waals surface area (Å²) in [6.45, 7) is 1.65. The van der Waals surface area contributed by atoms with Crippen molar-refractivity contribution in [1.82, 2.24) is 0 Å². The molecule has 5 heteroatoms. The van der Waals surface area contributed by atoms with Crippen LogP contribution in [0.4, 0.5) is 0 Å². The molecule has 0 bridgehead atoms. The second-order valence-corrected chi connectivity index (χ2v) is 5.42. The summed E-state index contributed by atoms with van der Waals surface area (Å²) in [5, 5.41) is -0.603. The molecule has 0 saturated heterocycles. The van der Waals surface area contributed by atoms with E-state index >= 15 is 0 Å². The third-order valence-corrected chi connectivity index (χ3v) is 3.63. The van der Waals surface area contributed by atoms with Crippen molar-refractivity contribution >= 4 is 51.6 Å². The molecule has 0 aromatic carbocycles. The summed E-state index contributed by atoms with van der Waals surface area (Å²) >= 11 is 23.0. The Labute approximate surface area is 96.3 Å². The Balaban J connectivity index is 3.09. The van der Waals surface area contributed by atoms with Crippen LogP contribution in [0.2, 0.25) is 0 Å². The maximum absolute atomic E-state index is 10.8. The highest BCUT2D eigenvalue weighted by atomic mass is 35.5. The number of carbonyl (C=O) groups is 1. The van der Waals surface area contributed by atoms with Crippen LogP contribution in [0.15, 0.2) is 23.8 Å². The quantitative estimate of drug-likeness (QED) is 0.521. The van der Waals surface area contributed by atoms with Crippen LogP contribution in [0, 0.1) is 0 Å². The number of carbonyl (C=O) groups excluding carboxylic acids is 1. The van der Waals surface area contributed by atoms with Crippen LogP contribution < -0.4 is 0 Å². The summed E-state index contributed by atoms with van der Waals surface area (Å²) < 4.78 is -1.32. The molecule has 0 saturated carbocycles. The molecule has 0 N–H and O–H groups in total. The molecule has 0 heterocycles. The second kappa shape index (κ2) is 3.47. The Morgan fingerprint density at radius 2 is 1.92 bits per heavy atom. The highest BCUT2D eigenvalue weighted by Gasteiger charge is 2.43. The van der Waals surface area contributed by atoms with Crippen molar-refractivity contribution in [2.45, 2.75) is 16.1 Å². The zero-order valence-electron chi connectivity index (χ0n) is 6.65. The molecule has 1 nitrogen and oxygen atoms in total. The van der Waals surface area contributed by atoms with Crippen molar-refractivity contribution in [1.29, 1.82) is 0 Å². The van der Waals surface area contributed by atoms with E-state index < -0.39 is 14.4 Å². The van der Waals surface area contributed by atoms with Crippen molar-refractivity contribution in [3.05, 3.63) is 23.8 Å². The molecule has 0 amide bonds. The van der Waals surface area contributed by atoms with Gasteiger partial charge in [0.05, 0.1) is 4.87 Å². The topological polar surface area (TPSA) is 17.1 Å². The molecule has 1 rings (SSSR count). The van der Waals surface area contributed by atoms with E-state index in [1.165, 1.54) is 12.2 Å². The van der Waals surface area contributed by atoms with Gasteiger partial charge in [-0.15, -0.1) is 11.6 Å². The van der Waals surface area contributed by atoms with Gasteiger partial charge in [-0.05, 0) is 24.6 Å². The number of hydrogen-bond donors (Lipinski definition) is 0. The zero-order chi connectivity index (χ0) is 10.3. The molecule has 1 unspecified atom stereocenters. The van der Waals surface area contributed by atoms with Gasteiger partial charge >= 0.3 is 0 Å². The van der Waals surface area contributed by atoms with Crippen LogP contribution in [0.25, 0.3) is 0 Å². The first-order chi connectivity index (χ1) is 5.76. The maximum Gasteiger partial charge on any atom is 0.252 e. The molecule has 13 heavy (non-hydrogen) atoms. The highest BCUT2D eigenvalue weighted by molar-refractivity contribution is 6.68. The first kappa shape index (κ1) is 11.4. The minimum Gasteiger partial charge on any atom is -0.276 e. The molecule has 1 atom stereocenters. The molecule has 1 aliphatic rings. The monoisotopic (exact) mass is 258 g/mol.